The Hall–Kier alpha value is -3.80. The normalized spacial score (nSPS) is 12.2. The molecule has 0 spiro atoms. The van der Waals surface area contributed by atoms with Crippen molar-refractivity contribution in [1.29, 1.82) is 0 Å². The van der Waals surface area contributed by atoms with E-state index in [1.807, 2.05) is 36.4 Å². The summed E-state index contributed by atoms with van der Waals surface area (Å²) in [5, 5.41) is 8.50. The van der Waals surface area contributed by atoms with Crippen LogP contribution in [0.3, 0.4) is 0 Å². The molecule has 0 radical (unpaired) electrons. The van der Waals surface area contributed by atoms with Gasteiger partial charge in [-0.15, -0.1) is 0 Å². The quantitative estimate of drug-likeness (QED) is 0.0653. The van der Waals surface area contributed by atoms with Gasteiger partial charge in [-0.3, -0.25) is 9.59 Å². The third kappa shape index (κ3) is 20.3. The molecule has 0 aliphatic heterocycles. The average molecular weight is 627 g/mol. The van der Waals surface area contributed by atoms with Crippen LogP contribution in [0.1, 0.15) is 141 Å². The molecule has 46 heavy (non-hydrogen) atoms. The molecule has 0 unspecified atom stereocenters. The van der Waals surface area contributed by atoms with Gasteiger partial charge in [0.15, 0.2) is 0 Å². The van der Waals surface area contributed by atoms with Gasteiger partial charge < -0.3 is 0 Å². The van der Waals surface area contributed by atoms with Gasteiger partial charge in [0.05, 0.1) is 12.4 Å². The Bertz CT molecular complexity index is 1110. The second-order valence-corrected chi connectivity index (χ2v) is 12.1. The third-order valence-electron chi connectivity index (χ3n) is 7.84. The van der Waals surface area contributed by atoms with E-state index in [4.69, 9.17) is 0 Å². The SMILES string of the molecule is CCCCCCC(=Cc1ccccc1)/C=N/NC(=O)CCCCCCCCC(=O)N/N=C/C(=Cc1ccccc1)CCCCCC. The molecule has 2 amide bonds. The predicted molar refractivity (Wildman–Crippen MR) is 197 cm³/mol. The molecular formula is C40H58N4O2. The molecule has 2 rings (SSSR count). The highest BCUT2D eigenvalue weighted by Gasteiger charge is 2.03. The van der Waals surface area contributed by atoms with Gasteiger partial charge in [-0.25, -0.2) is 10.9 Å². The maximum Gasteiger partial charge on any atom is 0.240 e. The lowest BCUT2D eigenvalue weighted by Crippen LogP contribution is -2.17. The summed E-state index contributed by atoms with van der Waals surface area (Å²) in [7, 11) is 0. The van der Waals surface area contributed by atoms with Crippen molar-refractivity contribution >= 4 is 36.4 Å². The summed E-state index contributed by atoms with van der Waals surface area (Å²) in [5.41, 5.74) is 9.96. The number of nitrogens with one attached hydrogen (secondary N) is 2. The highest BCUT2D eigenvalue weighted by atomic mass is 16.2. The molecular weight excluding hydrogens is 568 g/mol. The van der Waals surface area contributed by atoms with Crippen molar-refractivity contribution < 1.29 is 9.59 Å². The van der Waals surface area contributed by atoms with Crippen LogP contribution < -0.4 is 10.9 Å². The number of allylic oxidation sites excluding steroid dienone is 2. The van der Waals surface area contributed by atoms with Crippen LogP contribution in [0.5, 0.6) is 0 Å². The molecule has 0 aromatic heterocycles. The van der Waals surface area contributed by atoms with Gasteiger partial charge in [-0.2, -0.15) is 10.2 Å². The fraction of sp³-hybridized carbons (Fsp3) is 0.500. The van der Waals surface area contributed by atoms with Crippen LogP contribution in [0.2, 0.25) is 0 Å². The fourth-order valence-electron chi connectivity index (χ4n) is 5.15. The first-order chi connectivity index (χ1) is 22.6. The Morgan fingerprint density at radius 3 is 1.24 bits per heavy atom. The van der Waals surface area contributed by atoms with Crippen LogP contribution >= 0.6 is 0 Å². The van der Waals surface area contributed by atoms with Gasteiger partial charge in [0.2, 0.25) is 11.8 Å². The summed E-state index contributed by atoms with van der Waals surface area (Å²) in [6.45, 7) is 4.43. The van der Waals surface area contributed by atoms with Crippen molar-refractivity contribution in [1.82, 2.24) is 10.9 Å². The number of benzene rings is 2. The molecule has 0 saturated carbocycles. The van der Waals surface area contributed by atoms with Gasteiger partial charge in [0.25, 0.3) is 0 Å². The molecule has 0 aliphatic rings. The van der Waals surface area contributed by atoms with E-state index in [0.717, 1.165) is 86.5 Å². The minimum Gasteiger partial charge on any atom is -0.273 e. The molecule has 2 aromatic carbocycles. The number of carbonyl (C=O) groups is 2. The Morgan fingerprint density at radius 2 is 0.848 bits per heavy atom. The number of hydrogen-bond acceptors (Lipinski definition) is 4. The van der Waals surface area contributed by atoms with Crippen LogP contribution in [0.15, 0.2) is 82.0 Å². The summed E-state index contributed by atoms with van der Waals surface area (Å²) in [4.78, 5) is 24.6. The van der Waals surface area contributed by atoms with E-state index in [1.54, 1.807) is 12.4 Å². The zero-order valence-electron chi connectivity index (χ0n) is 28.5. The second kappa shape index (κ2) is 26.4. The molecule has 0 fully saturated rings. The molecule has 0 bridgehead atoms. The van der Waals surface area contributed by atoms with Gasteiger partial charge in [-0.05, 0) is 60.8 Å². The zero-order valence-corrected chi connectivity index (χ0v) is 28.5. The Morgan fingerprint density at radius 1 is 0.500 bits per heavy atom. The molecule has 6 nitrogen and oxygen atoms in total. The molecule has 0 heterocycles. The Balaban J connectivity index is 1.59. The van der Waals surface area contributed by atoms with E-state index in [0.29, 0.717) is 12.8 Å². The zero-order chi connectivity index (χ0) is 32.9. The largest absolute Gasteiger partial charge is 0.273 e. The van der Waals surface area contributed by atoms with Gasteiger partial charge in [0, 0.05) is 12.8 Å². The van der Waals surface area contributed by atoms with E-state index in [-0.39, 0.29) is 11.8 Å². The van der Waals surface area contributed by atoms with E-state index >= 15 is 0 Å². The molecule has 0 atom stereocenters. The smallest absolute Gasteiger partial charge is 0.240 e. The number of unbranched alkanes of at least 4 members (excludes halogenated alkanes) is 11. The number of carbonyl (C=O) groups excluding carboxylic acids is 2. The highest BCUT2D eigenvalue weighted by Crippen LogP contribution is 2.15. The first-order valence-corrected chi connectivity index (χ1v) is 17.8. The third-order valence-corrected chi connectivity index (χ3v) is 7.84. The monoisotopic (exact) mass is 626 g/mol. The van der Waals surface area contributed by atoms with Crippen molar-refractivity contribution in [2.75, 3.05) is 0 Å². The Kier molecular flexibility index (Phi) is 22.0. The van der Waals surface area contributed by atoms with E-state index in [1.165, 1.54) is 38.5 Å². The lowest BCUT2D eigenvalue weighted by molar-refractivity contribution is -0.122. The molecule has 6 heteroatoms. The van der Waals surface area contributed by atoms with Crippen LogP contribution in [0.25, 0.3) is 12.2 Å². The molecule has 2 N–H and O–H groups in total. The van der Waals surface area contributed by atoms with Crippen molar-refractivity contribution in [3.05, 3.63) is 82.9 Å². The molecule has 0 saturated heterocycles. The first kappa shape index (κ1) is 38.4. The maximum absolute atomic E-state index is 12.3. The molecule has 0 aliphatic carbocycles. The van der Waals surface area contributed by atoms with Crippen molar-refractivity contribution in [3.8, 4) is 0 Å². The minimum atomic E-state index is -0.0405. The predicted octanol–water partition coefficient (Wildman–Crippen LogP) is 10.4. The topological polar surface area (TPSA) is 82.9 Å². The van der Waals surface area contributed by atoms with Crippen LogP contribution in [0.4, 0.5) is 0 Å². The maximum atomic E-state index is 12.3. The summed E-state index contributed by atoms with van der Waals surface area (Å²) in [6.07, 6.45) is 26.1. The van der Waals surface area contributed by atoms with Crippen molar-refractivity contribution in [2.24, 2.45) is 10.2 Å². The lowest BCUT2D eigenvalue weighted by atomic mass is 10.0. The van der Waals surface area contributed by atoms with E-state index < -0.39 is 0 Å². The van der Waals surface area contributed by atoms with Gasteiger partial charge in [-0.1, -0.05) is 151 Å². The highest BCUT2D eigenvalue weighted by molar-refractivity contribution is 5.87. The summed E-state index contributed by atoms with van der Waals surface area (Å²) >= 11 is 0. The number of nitrogens with zero attached hydrogens (tertiary/aromatic N) is 2. The van der Waals surface area contributed by atoms with Gasteiger partial charge in [0.1, 0.15) is 0 Å². The standard InChI is InChI=1S/C40H58N4O2/c1-3-5-7-15-27-37(31-35-23-17-13-18-24-35)33-41-43-39(45)29-21-11-9-10-12-22-30-40(46)44-42-34-38(28-16-8-6-4-2)32-36-25-19-14-20-26-36/h13-14,17-20,23-26,31-34H,3-12,15-16,21-22,27-30H2,1-2H3,(H,43,45)(H,44,46)/b37-31?,38-32?,41-33+,42-34+. The van der Waals surface area contributed by atoms with Crippen molar-refractivity contribution in [2.45, 2.75) is 129 Å². The summed E-state index contributed by atoms with van der Waals surface area (Å²) < 4.78 is 0. The van der Waals surface area contributed by atoms with Gasteiger partial charge >= 0.3 is 0 Å². The van der Waals surface area contributed by atoms with Crippen LogP contribution in [0, 0.1) is 0 Å². The number of rotatable bonds is 25. The second-order valence-electron chi connectivity index (χ2n) is 12.1. The first-order valence-electron chi connectivity index (χ1n) is 17.8. The number of amides is 2. The molecule has 2 aromatic rings. The Labute approximate surface area is 278 Å². The number of hydrazone groups is 2. The summed E-state index contributed by atoms with van der Waals surface area (Å²) in [5.74, 6) is -0.0810. The lowest BCUT2D eigenvalue weighted by Gasteiger charge is -2.05. The fourth-order valence-corrected chi connectivity index (χ4v) is 5.15. The average Bonchev–Trinajstić information content (AvgIpc) is 3.07. The van der Waals surface area contributed by atoms with E-state index in [9.17, 15) is 9.59 Å². The summed E-state index contributed by atoms with van der Waals surface area (Å²) in [6, 6.07) is 20.5. The van der Waals surface area contributed by atoms with E-state index in [2.05, 4.69) is 71.3 Å². The minimum absolute atomic E-state index is 0.0405. The molecule has 250 valence electrons. The number of hydrogen-bond donors (Lipinski definition) is 2. The van der Waals surface area contributed by atoms with Crippen LogP contribution in [-0.2, 0) is 9.59 Å². The van der Waals surface area contributed by atoms with Crippen LogP contribution in [-0.4, -0.2) is 24.2 Å². The van der Waals surface area contributed by atoms with Crippen molar-refractivity contribution in [3.63, 3.8) is 0 Å².